The van der Waals surface area contributed by atoms with Gasteiger partial charge in [0.05, 0.1) is 12.5 Å². The van der Waals surface area contributed by atoms with Crippen LogP contribution in [0, 0.1) is 18.6 Å². The van der Waals surface area contributed by atoms with Crippen LogP contribution in [0.1, 0.15) is 28.3 Å². The van der Waals surface area contributed by atoms with Crippen molar-refractivity contribution in [1.82, 2.24) is 15.0 Å². The number of hydrogen-bond donors (Lipinski definition) is 1. The zero-order chi connectivity index (χ0) is 15.5. The van der Waals surface area contributed by atoms with Crippen LogP contribution >= 0.6 is 0 Å². The number of hydrogen-bond acceptors (Lipinski definition) is 2. The summed E-state index contributed by atoms with van der Waals surface area (Å²) >= 11 is 0. The monoisotopic (exact) mass is 299 g/mol. The molecule has 0 radical (unpaired) electrons. The first kappa shape index (κ1) is 14.4. The van der Waals surface area contributed by atoms with Crippen molar-refractivity contribution in [3.05, 3.63) is 83.2 Å². The molecule has 0 fully saturated rings. The molecule has 0 aliphatic heterocycles. The second-order valence-electron chi connectivity index (χ2n) is 5.25. The van der Waals surface area contributed by atoms with Gasteiger partial charge in [-0.2, -0.15) is 0 Å². The van der Waals surface area contributed by atoms with Crippen LogP contribution in [0.25, 0.3) is 0 Å². The van der Waals surface area contributed by atoms with Gasteiger partial charge in [0.1, 0.15) is 11.6 Å². The largest absolute Gasteiger partial charge is 0.348 e. The lowest BCUT2D eigenvalue weighted by molar-refractivity contribution is 0.582. The summed E-state index contributed by atoms with van der Waals surface area (Å²) < 4.78 is 27.9. The molecule has 0 saturated heterocycles. The number of pyridine rings is 1. The third-order valence-electron chi connectivity index (χ3n) is 3.69. The summed E-state index contributed by atoms with van der Waals surface area (Å²) in [6.45, 7) is 1.73. The Balaban J connectivity index is 2.03. The molecular weight excluding hydrogens is 284 g/mol. The van der Waals surface area contributed by atoms with Crippen molar-refractivity contribution in [2.75, 3.05) is 0 Å². The van der Waals surface area contributed by atoms with E-state index in [4.69, 9.17) is 0 Å². The number of rotatable bonds is 4. The molecule has 0 bridgehead atoms. The van der Waals surface area contributed by atoms with Crippen molar-refractivity contribution < 1.29 is 8.78 Å². The van der Waals surface area contributed by atoms with E-state index in [1.807, 2.05) is 6.07 Å². The lowest BCUT2D eigenvalue weighted by atomic mass is 9.89. The highest BCUT2D eigenvalue weighted by Crippen LogP contribution is 2.30. The molecule has 0 aliphatic rings. The Bertz CT molecular complexity index is 769. The van der Waals surface area contributed by atoms with Gasteiger partial charge in [-0.3, -0.25) is 4.98 Å². The van der Waals surface area contributed by atoms with Crippen LogP contribution in [0.5, 0.6) is 0 Å². The van der Waals surface area contributed by atoms with Gasteiger partial charge >= 0.3 is 0 Å². The van der Waals surface area contributed by atoms with Gasteiger partial charge in [0, 0.05) is 24.0 Å². The maximum absolute atomic E-state index is 14.5. The molecule has 0 amide bonds. The first-order valence-electron chi connectivity index (χ1n) is 6.98. The quantitative estimate of drug-likeness (QED) is 0.797. The van der Waals surface area contributed by atoms with Crippen molar-refractivity contribution in [2.24, 2.45) is 0 Å². The number of aromatic nitrogens is 3. The Hall–Kier alpha value is -2.56. The van der Waals surface area contributed by atoms with Gasteiger partial charge in [-0.05, 0) is 36.1 Å². The fraction of sp³-hybridized carbons (Fsp3) is 0.176. The van der Waals surface area contributed by atoms with E-state index in [0.717, 1.165) is 11.9 Å². The highest BCUT2D eigenvalue weighted by atomic mass is 19.1. The maximum Gasteiger partial charge on any atom is 0.141 e. The van der Waals surface area contributed by atoms with E-state index in [-0.39, 0.29) is 11.7 Å². The van der Waals surface area contributed by atoms with Crippen molar-refractivity contribution >= 4 is 0 Å². The molecular formula is C17H15F2N3. The molecule has 5 heteroatoms. The first-order valence-corrected chi connectivity index (χ1v) is 6.98. The average Bonchev–Trinajstić information content (AvgIpc) is 3.02. The Morgan fingerprint density at radius 2 is 2.00 bits per heavy atom. The Morgan fingerprint density at radius 1 is 1.14 bits per heavy atom. The predicted octanol–water partition coefficient (Wildman–Crippen LogP) is 3.77. The zero-order valence-corrected chi connectivity index (χ0v) is 12.1. The molecule has 1 N–H and O–H groups in total. The lowest BCUT2D eigenvalue weighted by Crippen LogP contribution is -2.09. The minimum absolute atomic E-state index is 0.244. The summed E-state index contributed by atoms with van der Waals surface area (Å²) in [5, 5.41) is 0. The number of benzene rings is 1. The molecule has 0 saturated carbocycles. The van der Waals surface area contributed by atoms with Crippen LogP contribution in [-0.4, -0.2) is 15.0 Å². The molecule has 1 atom stereocenters. The number of aryl methyl sites for hydroxylation is 1. The van der Waals surface area contributed by atoms with Gasteiger partial charge in [-0.1, -0.05) is 18.2 Å². The van der Waals surface area contributed by atoms with Gasteiger partial charge in [0.2, 0.25) is 0 Å². The SMILES string of the molecule is Cc1cccc(C(Cc2cncc(F)c2)c2cnc[nH]2)c1F. The first-order chi connectivity index (χ1) is 10.6. The summed E-state index contributed by atoms with van der Waals surface area (Å²) in [6, 6.07) is 6.72. The number of imidazole rings is 1. The Morgan fingerprint density at radius 3 is 2.73 bits per heavy atom. The molecule has 1 unspecified atom stereocenters. The third-order valence-corrected chi connectivity index (χ3v) is 3.69. The summed E-state index contributed by atoms with van der Waals surface area (Å²) in [6.07, 6.45) is 6.41. The van der Waals surface area contributed by atoms with Crippen LogP contribution in [-0.2, 0) is 6.42 Å². The number of halogens is 2. The van der Waals surface area contributed by atoms with Crippen LogP contribution in [0.2, 0.25) is 0 Å². The molecule has 1 aromatic carbocycles. The molecule has 2 heterocycles. The topological polar surface area (TPSA) is 41.6 Å². The lowest BCUT2D eigenvalue weighted by Gasteiger charge is -2.17. The van der Waals surface area contributed by atoms with Crippen LogP contribution in [0.4, 0.5) is 8.78 Å². The van der Waals surface area contributed by atoms with Crippen molar-refractivity contribution in [2.45, 2.75) is 19.3 Å². The summed E-state index contributed by atoms with van der Waals surface area (Å²) in [4.78, 5) is 10.9. The Kier molecular flexibility index (Phi) is 3.96. The number of nitrogens with zero attached hydrogens (tertiary/aromatic N) is 2. The smallest absolute Gasteiger partial charge is 0.141 e. The minimum Gasteiger partial charge on any atom is -0.348 e. The van der Waals surface area contributed by atoms with Crippen molar-refractivity contribution in [3.63, 3.8) is 0 Å². The van der Waals surface area contributed by atoms with Gasteiger partial charge in [0.25, 0.3) is 0 Å². The standard InChI is InChI=1S/C17H15F2N3/c1-11-3-2-4-14(17(11)19)15(16-9-21-10-22-16)6-12-5-13(18)8-20-7-12/h2-5,7-10,15H,6H2,1H3,(H,21,22). The van der Waals surface area contributed by atoms with E-state index in [2.05, 4.69) is 15.0 Å². The van der Waals surface area contributed by atoms with Gasteiger partial charge in [0.15, 0.2) is 0 Å². The van der Waals surface area contributed by atoms with E-state index in [1.54, 1.807) is 37.8 Å². The summed E-state index contributed by atoms with van der Waals surface area (Å²) in [5.41, 5.74) is 2.64. The maximum atomic E-state index is 14.5. The highest BCUT2D eigenvalue weighted by Gasteiger charge is 2.21. The third kappa shape index (κ3) is 2.88. The molecule has 3 nitrogen and oxygen atoms in total. The van der Waals surface area contributed by atoms with E-state index in [1.165, 1.54) is 6.07 Å². The minimum atomic E-state index is -0.398. The number of nitrogens with one attached hydrogen (secondary N) is 1. The normalized spacial score (nSPS) is 12.3. The van der Waals surface area contributed by atoms with Gasteiger partial charge < -0.3 is 4.98 Å². The van der Waals surface area contributed by atoms with Crippen LogP contribution in [0.3, 0.4) is 0 Å². The van der Waals surface area contributed by atoms with E-state index in [9.17, 15) is 8.78 Å². The van der Waals surface area contributed by atoms with Crippen LogP contribution < -0.4 is 0 Å². The molecule has 0 spiro atoms. The predicted molar refractivity (Wildman–Crippen MR) is 79.5 cm³/mol. The number of H-pyrrole nitrogens is 1. The molecule has 3 rings (SSSR count). The van der Waals surface area contributed by atoms with Gasteiger partial charge in [-0.25, -0.2) is 13.8 Å². The fourth-order valence-electron chi connectivity index (χ4n) is 2.59. The second kappa shape index (κ2) is 6.05. The second-order valence-corrected chi connectivity index (χ2v) is 5.25. The van der Waals surface area contributed by atoms with Crippen molar-refractivity contribution in [3.8, 4) is 0 Å². The average molecular weight is 299 g/mol. The van der Waals surface area contributed by atoms with Gasteiger partial charge in [-0.15, -0.1) is 0 Å². The molecule has 0 aliphatic carbocycles. The molecule has 2 aromatic heterocycles. The summed E-state index contributed by atoms with van der Waals surface area (Å²) in [5.74, 6) is -0.914. The highest BCUT2D eigenvalue weighted by molar-refractivity contribution is 5.34. The number of aromatic amines is 1. The van der Waals surface area contributed by atoms with Crippen molar-refractivity contribution in [1.29, 1.82) is 0 Å². The summed E-state index contributed by atoms with van der Waals surface area (Å²) in [7, 11) is 0. The van der Waals surface area contributed by atoms with E-state index < -0.39 is 5.82 Å². The fourth-order valence-corrected chi connectivity index (χ4v) is 2.59. The Labute approximate surface area is 127 Å². The molecule has 22 heavy (non-hydrogen) atoms. The van der Waals surface area contributed by atoms with Crippen LogP contribution in [0.15, 0.2) is 49.2 Å². The zero-order valence-electron chi connectivity index (χ0n) is 12.1. The van der Waals surface area contributed by atoms with E-state index in [0.29, 0.717) is 23.1 Å². The molecule has 3 aromatic rings. The van der Waals surface area contributed by atoms with E-state index >= 15 is 0 Å². The molecule has 112 valence electrons.